The maximum Gasteiger partial charge on any atom is 0.306 e. The number of Topliss-reactive ketones (excluding diaryl/α,β-unsaturated/α-hetero) is 1. The number of esters is 1. The molecule has 0 bridgehead atoms. The van der Waals surface area contributed by atoms with Gasteiger partial charge in [-0.3, -0.25) is 4.79 Å². The molecular weight excluding hydrogens is 250 g/mol. The minimum atomic E-state index is -1.24. The number of carbonyl (C=O) groups is 3. The second-order valence-corrected chi connectivity index (χ2v) is 5.72. The second kappa shape index (κ2) is 7.89. The Balaban J connectivity index is 4.26. The number of ether oxygens (including phenoxy) is 1. The van der Waals surface area contributed by atoms with Crippen LogP contribution in [0.25, 0.3) is 0 Å². The van der Waals surface area contributed by atoms with Gasteiger partial charge in [0.05, 0.1) is 21.1 Å². The van der Waals surface area contributed by atoms with Crippen LogP contribution in [0.2, 0.25) is 0 Å². The highest BCUT2D eigenvalue weighted by Crippen LogP contribution is 2.07. The van der Waals surface area contributed by atoms with Gasteiger partial charge in [-0.1, -0.05) is 0 Å². The molecule has 0 fully saturated rings. The molecule has 0 aromatic heterocycles. The van der Waals surface area contributed by atoms with E-state index in [1.54, 1.807) is 0 Å². The Bertz CT molecular complexity index is 332. The van der Waals surface area contributed by atoms with Crippen LogP contribution in [0.5, 0.6) is 0 Å². The summed E-state index contributed by atoms with van der Waals surface area (Å²) < 4.78 is 5.62. The molecule has 0 N–H and O–H groups in total. The first kappa shape index (κ1) is 17.6. The molecule has 0 rings (SSSR count). The number of carboxylic acid groups (broad SMARTS) is 1. The molecule has 0 heterocycles. The van der Waals surface area contributed by atoms with E-state index in [4.69, 9.17) is 4.74 Å². The van der Waals surface area contributed by atoms with Gasteiger partial charge in [0.15, 0.2) is 6.10 Å². The number of quaternary nitrogens is 1. The zero-order chi connectivity index (χ0) is 15.1. The molecule has 1 unspecified atom stereocenters. The van der Waals surface area contributed by atoms with Crippen LogP contribution >= 0.6 is 0 Å². The zero-order valence-electron chi connectivity index (χ0n) is 12.1. The van der Waals surface area contributed by atoms with Crippen molar-refractivity contribution in [3.05, 3.63) is 0 Å². The molecule has 6 heteroatoms. The number of rotatable bonds is 9. The Hall–Kier alpha value is -1.43. The molecule has 0 radical (unpaired) electrons. The van der Waals surface area contributed by atoms with Gasteiger partial charge in [-0.15, -0.1) is 0 Å². The van der Waals surface area contributed by atoms with E-state index in [0.29, 0.717) is 23.9 Å². The average molecular weight is 273 g/mol. The van der Waals surface area contributed by atoms with Crippen LogP contribution in [0.4, 0.5) is 0 Å². The van der Waals surface area contributed by atoms with E-state index in [2.05, 4.69) is 0 Å². The van der Waals surface area contributed by atoms with Gasteiger partial charge in [-0.05, 0) is 13.3 Å². The number of nitrogens with zero attached hydrogens (tertiary/aromatic N) is 1. The summed E-state index contributed by atoms with van der Waals surface area (Å²) >= 11 is 0. The third kappa shape index (κ3) is 11.4. The Labute approximate surface area is 113 Å². The Kier molecular flexibility index (Phi) is 7.29. The summed E-state index contributed by atoms with van der Waals surface area (Å²) in [6.45, 7) is 1.85. The Morgan fingerprint density at radius 1 is 1.16 bits per heavy atom. The van der Waals surface area contributed by atoms with Crippen LogP contribution in [0, 0.1) is 0 Å². The average Bonchev–Trinajstić information content (AvgIpc) is 2.12. The summed E-state index contributed by atoms with van der Waals surface area (Å²) in [7, 11) is 5.64. The second-order valence-electron chi connectivity index (χ2n) is 5.72. The van der Waals surface area contributed by atoms with Crippen molar-refractivity contribution in [2.24, 2.45) is 0 Å². The number of aliphatic carboxylic acids is 1. The maximum atomic E-state index is 11.5. The summed E-state index contributed by atoms with van der Waals surface area (Å²) in [6.07, 6.45) is -0.129. The molecule has 19 heavy (non-hydrogen) atoms. The summed E-state index contributed by atoms with van der Waals surface area (Å²) in [6, 6.07) is 0. The number of ketones is 1. The molecule has 0 saturated carbocycles. The fourth-order valence-corrected chi connectivity index (χ4v) is 1.67. The largest absolute Gasteiger partial charge is 0.550 e. The molecule has 0 aromatic rings. The fraction of sp³-hybridized carbons (Fsp3) is 0.769. The smallest absolute Gasteiger partial charge is 0.306 e. The summed E-state index contributed by atoms with van der Waals surface area (Å²) in [5, 5.41) is 10.6. The topological polar surface area (TPSA) is 83.5 Å². The molecule has 6 nitrogen and oxygen atoms in total. The highest BCUT2D eigenvalue weighted by molar-refractivity contribution is 5.76. The predicted molar refractivity (Wildman–Crippen MR) is 66.9 cm³/mol. The van der Waals surface area contributed by atoms with Crippen molar-refractivity contribution in [2.75, 3.05) is 27.7 Å². The molecule has 0 aliphatic rings. The van der Waals surface area contributed by atoms with Crippen molar-refractivity contribution < 1.29 is 28.7 Å². The Morgan fingerprint density at radius 3 is 2.16 bits per heavy atom. The van der Waals surface area contributed by atoms with Gasteiger partial charge in [0.25, 0.3) is 0 Å². The van der Waals surface area contributed by atoms with Gasteiger partial charge in [0.2, 0.25) is 0 Å². The van der Waals surface area contributed by atoms with Crippen LogP contribution in [0.1, 0.15) is 32.6 Å². The molecule has 0 aromatic carbocycles. The lowest BCUT2D eigenvalue weighted by Crippen LogP contribution is -2.45. The van der Waals surface area contributed by atoms with E-state index in [-0.39, 0.29) is 18.6 Å². The monoisotopic (exact) mass is 273 g/mol. The van der Waals surface area contributed by atoms with E-state index in [0.717, 1.165) is 0 Å². The molecule has 0 amide bonds. The lowest BCUT2D eigenvalue weighted by molar-refractivity contribution is -0.873. The lowest BCUT2D eigenvalue weighted by Gasteiger charge is -2.29. The number of carboxylic acids is 1. The number of hydrogen-bond donors (Lipinski definition) is 0. The third-order valence-corrected chi connectivity index (χ3v) is 2.35. The number of carbonyl (C=O) groups excluding carboxylic acids is 3. The predicted octanol–water partition coefficient (Wildman–Crippen LogP) is -0.496. The van der Waals surface area contributed by atoms with Crippen molar-refractivity contribution in [1.29, 1.82) is 0 Å². The van der Waals surface area contributed by atoms with Crippen LogP contribution in [-0.4, -0.2) is 56.0 Å². The highest BCUT2D eigenvalue weighted by atomic mass is 16.5. The summed E-state index contributed by atoms with van der Waals surface area (Å²) in [5.41, 5.74) is 0. The van der Waals surface area contributed by atoms with Gasteiger partial charge >= 0.3 is 5.97 Å². The van der Waals surface area contributed by atoms with E-state index >= 15 is 0 Å². The van der Waals surface area contributed by atoms with Crippen molar-refractivity contribution in [3.63, 3.8) is 0 Å². The van der Waals surface area contributed by atoms with Gasteiger partial charge in [0.1, 0.15) is 12.3 Å². The van der Waals surface area contributed by atoms with E-state index < -0.39 is 18.0 Å². The first-order valence-corrected chi connectivity index (χ1v) is 6.29. The molecule has 1 atom stereocenters. The quantitative estimate of drug-likeness (QED) is 0.418. The molecular formula is C13H23NO5. The van der Waals surface area contributed by atoms with Crippen LogP contribution in [-0.2, 0) is 19.1 Å². The first-order chi connectivity index (χ1) is 8.60. The molecule has 0 aliphatic carbocycles. The minimum Gasteiger partial charge on any atom is -0.550 e. The van der Waals surface area contributed by atoms with Crippen molar-refractivity contribution >= 4 is 17.7 Å². The lowest BCUT2D eigenvalue weighted by atomic mass is 10.2. The standard InChI is InChI=1S/C13H23NO5/c1-10(15)6-5-7-13(18)19-11(8-12(16)17)9-14(2,3)4/h11H,5-9H2,1-4H3. The number of likely N-dealkylation sites (N-methyl/N-ethyl adjacent to an activating group) is 1. The fourth-order valence-electron chi connectivity index (χ4n) is 1.67. The highest BCUT2D eigenvalue weighted by Gasteiger charge is 2.22. The van der Waals surface area contributed by atoms with Crippen molar-refractivity contribution in [2.45, 2.75) is 38.7 Å². The summed E-state index contributed by atoms with van der Waals surface area (Å²) in [4.78, 5) is 32.9. The first-order valence-electron chi connectivity index (χ1n) is 6.29. The molecule has 0 saturated heterocycles. The SMILES string of the molecule is CC(=O)CCCC(=O)OC(CC(=O)[O-])C[N+](C)(C)C. The number of hydrogen-bond acceptors (Lipinski definition) is 5. The van der Waals surface area contributed by atoms with Crippen molar-refractivity contribution in [3.8, 4) is 0 Å². The zero-order valence-corrected chi connectivity index (χ0v) is 12.1. The maximum absolute atomic E-state index is 11.5. The van der Waals surface area contributed by atoms with Gasteiger partial charge in [-0.25, -0.2) is 0 Å². The van der Waals surface area contributed by atoms with Gasteiger partial charge in [-0.2, -0.15) is 0 Å². The van der Waals surface area contributed by atoms with E-state index in [9.17, 15) is 19.5 Å². The van der Waals surface area contributed by atoms with E-state index in [1.165, 1.54) is 6.92 Å². The minimum absolute atomic E-state index is 0.0189. The Morgan fingerprint density at radius 2 is 1.74 bits per heavy atom. The van der Waals surface area contributed by atoms with Crippen LogP contribution in [0.3, 0.4) is 0 Å². The third-order valence-electron chi connectivity index (χ3n) is 2.35. The molecule has 0 aliphatic heterocycles. The van der Waals surface area contributed by atoms with Crippen LogP contribution in [0.15, 0.2) is 0 Å². The van der Waals surface area contributed by atoms with Gasteiger partial charge < -0.3 is 23.9 Å². The molecule has 110 valence electrons. The van der Waals surface area contributed by atoms with E-state index in [1.807, 2.05) is 21.1 Å². The summed E-state index contributed by atoms with van der Waals surface area (Å²) in [5.74, 6) is -1.69. The van der Waals surface area contributed by atoms with Gasteiger partial charge in [0, 0.05) is 25.2 Å². The van der Waals surface area contributed by atoms with Crippen LogP contribution < -0.4 is 5.11 Å². The van der Waals surface area contributed by atoms with Crippen molar-refractivity contribution in [1.82, 2.24) is 0 Å². The molecule has 0 spiro atoms. The normalized spacial score (nSPS) is 12.8.